The van der Waals surface area contributed by atoms with Gasteiger partial charge in [0.05, 0.1) is 6.54 Å². The van der Waals surface area contributed by atoms with Gasteiger partial charge in [-0.2, -0.15) is 11.3 Å². The Morgan fingerprint density at radius 2 is 1.96 bits per heavy atom. The first-order valence-electron chi connectivity index (χ1n) is 9.06. The zero-order chi connectivity index (χ0) is 17.4. The Labute approximate surface area is 174 Å². The number of aliphatic imine (C=N–C) groups is 1. The van der Waals surface area contributed by atoms with Crippen molar-refractivity contribution in [2.24, 2.45) is 10.9 Å². The highest BCUT2D eigenvalue weighted by atomic mass is 127. The van der Waals surface area contributed by atoms with Crippen LogP contribution in [0.25, 0.3) is 0 Å². The molecule has 1 fully saturated rings. The molecule has 7 heteroatoms. The van der Waals surface area contributed by atoms with Crippen LogP contribution in [-0.4, -0.2) is 68.1 Å². The summed E-state index contributed by atoms with van der Waals surface area (Å²) >= 11 is 1.72. The van der Waals surface area contributed by atoms with E-state index in [-0.39, 0.29) is 24.0 Å². The molecule has 25 heavy (non-hydrogen) atoms. The van der Waals surface area contributed by atoms with Crippen molar-refractivity contribution in [1.82, 2.24) is 20.4 Å². The van der Waals surface area contributed by atoms with Crippen LogP contribution in [0.4, 0.5) is 0 Å². The van der Waals surface area contributed by atoms with Gasteiger partial charge < -0.3 is 15.5 Å². The summed E-state index contributed by atoms with van der Waals surface area (Å²) < 4.78 is 0. The second kappa shape index (κ2) is 12.1. The molecule has 144 valence electrons. The normalized spacial score (nSPS) is 18.0. The number of rotatable bonds is 7. The maximum absolute atomic E-state index is 4.72. The molecule has 1 aliphatic heterocycles. The molecule has 2 N–H and O–H groups in total. The van der Waals surface area contributed by atoms with E-state index in [0.29, 0.717) is 12.0 Å². The first-order valence-corrected chi connectivity index (χ1v) is 10.00. The fourth-order valence-electron chi connectivity index (χ4n) is 3.04. The molecule has 1 unspecified atom stereocenters. The molecule has 2 rings (SSSR count). The van der Waals surface area contributed by atoms with E-state index in [4.69, 9.17) is 4.99 Å². The van der Waals surface area contributed by atoms with Crippen LogP contribution in [0.1, 0.15) is 26.3 Å². The van der Waals surface area contributed by atoms with Crippen molar-refractivity contribution in [2.75, 3.05) is 46.3 Å². The summed E-state index contributed by atoms with van der Waals surface area (Å²) in [5, 5.41) is 11.2. The summed E-state index contributed by atoms with van der Waals surface area (Å²) in [6, 6.07) is 2.68. The van der Waals surface area contributed by atoms with Crippen molar-refractivity contribution in [1.29, 1.82) is 0 Å². The van der Waals surface area contributed by atoms with Gasteiger partial charge >= 0.3 is 0 Å². The Kier molecular flexibility index (Phi) is 11.0. The van der Waals surface area contributed by atoms with Crippen LogP contribution >= 0.6 is 35.3 Å². The van der Waals surface area contributed by atoms with E-state index in [1.165, 1.54) is 5.56 Å². The third kappa shape index (κ3) is 7.80. The summed E-state index contributed by atoms with van der Waals surface area (Å²) in [5.41, 5.74) is 1.27. The van der Waals surface area contributed by atoms with Gasteiger partial charge in [0.2, 0.25) is 0 Å². The Morgan fingerprint density at radius 3 is 2.52 bits per heavy atom. The van der Waals surface area contributed by atoms with Gasteiger partial charge in [-0.1, -0.05) is 13.8 Å². The molecule has 0 aliphatic carbocycles. The molecule has 2 heterocycles. The molecule has 1 saturated heterocycles. The molecule has 1 aromatic heterocycles. The van der Waals surface area contributed by atoms with Crippen molar-refractivity contribution in [2.45, 2.75) is 33.4 Å². The van der Waals surface area contributed by atoms with Crippen LogP contribution in [0, 0.1) is 5.92 Å². The second-order valence-corrected chi connectivity index (χ2v) is 7.64. The second-order valence-electron chi connectivity index (χ2n) is 6.86. The molecular weight excluding hydrogens is 445 g/mol. The first-order chi connectivity index (χ1) is 11.6. The number of piperazine rings is 1. The van der Waals surface area contributed by atoms with Crippen molar-refractivity contribution >= 4 is 41.3 Å². The lowest BCUT2D eigenvalue weighted by molar-refractivity contribution is 0.0900. The smallest absolute Gasteiger partial charge is 0.191 e. The third-order valence-electron chi connectivity index (χ3n) is 4.60. The van der Waals surface area contributed by atoms with Crippen LogP contribution < -0.4 is 10.6 Å². The minimum Gasteiger partial charge on any atom is -0.357 e. The summed E-state index contributed by atoms with van der Waals surface area (Å²) in [4.78, 5) is 9.75. The van der Waals surface area contributed by atoms with Gasteiger partial charge in [-0.3, -0.25) is 4.90 Å². The Hall–Kier alpha value is -0.380. The molecule has 1 aliphatic rings. The van der Waals surface area contributed by atoms with Crippen LogP contribution in [0.5, 0.6) is 0 Å². The Bertz CT molecular complexity index is 484. The Balaban J connectivity index is 0.00000312. The highest BCUT2D eigenvalue weighted by Crippen LogP contribution is 2.13. The average molecular weight is 479 g/mol. The largest absolute Gasteiger partial charge is 0.357 e. The number of thiophene rings is 1. The van der Waals surface area contributed by atoms with Gasteiger partial charge in [-0.05, 0) is 42.3 Å². The maximum Gasteiger partial charge on any atom is 0.191 e. The molecule has 0 amide bonds. The van der Waals surface area contributed by atoms with Crippen molar-refractivity contribution in [3.8, 4) is 0 Å². The van der Waals surface area contributed by atoms with E-state index in [0.717, 1.165) is 51.8 Å². The summed E-state index contributed by atoms with van der Waals surface area (Å²) in [5.74, 6) is 1.55. The zero-order valence-corrected chi connectivity index (χ0v) is 19.1. The molecule has 1 aromatic rings. The van der Waals surface area contributed by atoms with Crippen LogP contribution in [-0.2, 0) is 6.54 Å². The lowest BCUT2D eigenvalue weighted by atomic mass is 10.0. The van der Waals surface area contributed by atoms with Gasteiger partial charge in [0.15, 0.2) is 5.96 Å². The fourth-order valence-corrected chi connectivity index (χ4v) is 3.70. The minimum atomic E-state index is 0. The zero-order valence-electron chi connectivity index (χ0n) is 16.0. The van der Waals surface area contributed by atoms with E-state index in [1.54, 1.807) is 11.3 Å². The Morgan fingerprint density at radius 1 is 1.24 bits per heavy atom. The van der Waals surface area contributed by atoms with E-state index in [1.807, 2.05) is 0 Å². The average Bonchev–Trinajstić information content (AvgIpc) is 3.07. The van der Waals surface area contributed by atoms with E-state index in [9.17, 15) is 0 Å². The standard InChI is InChI=1S/C18H33N5S.HI/c1-5-19-18(20-12-16-6-11-24-14-16)21-13-17(15(2)3)23-9-7-22(4)8-10-23;/h6,11,14-15,17H,5,7-10,12-13H2,1-4H3,(H2,19,20,21);1H. The van der Waals surface area contributed by atoms with Gasteiger partial charge in [-0.25, -0.2) is 4.99 Å². The predicted molar refractivity (Wildman–Crippen MR) is 120 cm³/mol. The maximum atomic E-state index is 4.72. The highest BCUT2D eigenvalue weighted by molar-refractivity contribution is 14.0. The lowest BCUT2D eigenvalue weighted by Gasteiger charge is -2.40. The number of nitrogens with one attached hydrogen (secondary N) is 2. The number of nitrogens with zero attached hydrogens (tertiary/aromatic N) is 3. The molecule has 0 aromatic carbocycles. The van der Waals surface area contributed by atoms with Gasteiger partial charge in [0, 0.05) is 45.3 Å². The van der Waals surface area contributed by atoms with Gasteiger partial charge in [0.1, 0.15) is 0 Å². The monoisotopic (exact) mass is 479 g/mol. The number of hydrogen-bond acceptors (Lipinski definition) is 4. The summed E-state index contributed by atoms with van der Waals surface area (Å²) in [7, 11) is 2.21. The topological polar surface area (TPSA) is 42.9 Å². The quantitative estimate of drug-likeness (QED) is 0.359. The van der Waals surface area contributed by atoms with E-state index in [2.05, 4.69) is 65.1 Å². The summed E-state index contributed by atoms with van der Waals surface area (Å²) in [6.45, 7) is 14.0. The fraction of sp³-hybridized carbons (Fsp3) is 0.722. The van der Waals surface area contributed by atoms with Crippen LogP contribution in [0.15, 0.2) is 21.8 Å². The minimum absolute atomic E-state index is 0. The van der Waals surface area contributed by atoms with Crippen LogP contribution in [0.3, 0.4) is 0 Å². The molecule has 0 radical (unpaired) electrons. The van der Waals surface area contributed by atoms with Crippen LogP contribution in [0.2, 0.25) is 0 Å². The predicted octanol–water partition coefficient (Wildman–Crippen LogP) is 2.69. The third-order valence-corrected chi connectivity index (χ3v) is 5.33. The van der Waals surface area contributed by atoms with E-state index >= 15 is 0 Å². The summed E-state index contributed by atoms with van der Waals surface area (Å²) in [6.07, 6.45) is 0. The molecule has 0 saturated carbocycles. The molecule has 0 spiro atoms. The highest BCUT2D eigenvalue weighted by Gasteiger charge is 2.24. The van der Waals surface area contributed by atoms with Crippen molar-refractivity contribution in [3.63, 3.8) is 0 Å². The number of likely N-dealkylation sites (N-methyl/N-ethyl adjacent to an activating group) is 1. The number of guanidine groups is 1. The van der Waals surface area contributed by atoms with Gasteiger partial charge in [-0.15, -0.1) is 24.0 Å². The van der Waals surface area contributed by atoms with E-state index < -0.39 is 0 Å². The lowest BCUT2D eigenvalue weighted by Crippen LogP contribution is -2.55. The number of hydrogen-bond donors (Lipinski definition) is 2. The first kappa shape index (κ1) is 22.7. The molecular formula is C18H34IN5S. The van der Waals surface area contributed by atoms with Crippen molar-refractivity contribution < 1.29 is 0 Å². The number of halogens is 1. The molecule has 5 nitrogen and oxygen atoms in total. The SMILES string of the molecule is CCNC(=NCc1ccsc1)NCC(C(C)C)N1CCN(C)CC1.I. The molecule has 1 atom stereocenters. The molecule has 0 bridgehead atoms. The van der Waals surface area contributed by atoms with Gasteiger partial charge in [0.25, 0.3) is 0 Å². The van der Waals surface area contributed by atoms with Crippen molar-refractivity contribution in [3.05, 3.63) is 22.4 Å².